The smallest absolute Gasteiger partial charge is 0.417 e. The Morgan fingerprint density at radius 1 is 1.86 bits per heavy atom. The zero-order chi connectivity index (χ0) is 5.54. The van der Waals surface area contributed by atoms with E-state index in [1.54, 1.807) is 11.1 Å². The molecule has 0 saturated heterocycles. The first-order chi connectivity index (χ1) is 3.41. The van der Waals surface area contributed by atoms with E-state index >= 15 is 0 Å². The lowest BCUT2D eigenvalue weighted by Gasteiger charge is -1.81. The molecule has 0 aromatic heterocycles. The molecule has 0 heterocycles. The fourth-order valence-electron chi connectivity index (χ4n) is 0.119. The molecule has 0 aliphatic heterocycles. The summed E-state index contributed by atoms with van der Waals surface area (Å²) >= 11 is 2.99. The van der Waals surface area contributed by atoms with Crippen molar-refractivity contribution in [2.45, 2.75) is 0 Å². The third kappa shape index (κ3) is 5.69. The summed E-state index contributed by atoms with van der Waals surface area (Å²) in [7, 11) is 0. The maximum Gasteiger partial charge on any atom is 0.417 e. The number of rotatable bonds is 3. The maximum atomic E-state index is 9.28. The molecule has 0 N–H and O–H groups in total. The zero-order valence-corrected chi connectivity index (χ0v) is 5.14. The summed E-state index contributed by atoms with van der Waals surface area (Å²) in [5, 5.41) is 0. The summed E-state index contributed by atoms with van der Waals surface area (Å²) in [6.45, 7) is 1.57. The Bertz CT molecular complexity index is 70.1. The molecule has 3 heteroatoms. The van der Waals surface area contributed by atoms with E-state index in [-0.39, 0.29) is 6.61 Å². The van der Waals surface area contributed by atoms with Crippen LogP contribution in [0.4, 0.5) is 0 Å². The van der Waals surface area contributed by atoms with Crippen molar-refractivity contribution in [3.63, 3.8) is 0 Å². The Morgan fingerprint density at radius 3 is 3.00 bits per heavy atom. The molecule has 0 aromatic carbocycles. The predicted molar refractivity (Wildman–Crippen MR) is 29.7 cm³/mol. The van der Waals surface area contributed by atoms with Crippen molar-refractivity contribution in [2.24, 2.45) is 0 Å². The second kappa shape index (κ2) is 5.69. The van der Waals surface area contributed by atoms with Gasteiger partial charge in [-0.2, -0.15) is 0 Å². The van der Waals surface area contributed by atoms with E-state index in [4.69, 9.17) is 0 Å². The molecule has 0 atom stereocenters. The summed E-state index contributed by atoms with van der Waals surface area (Å²) < 4.78 is 4.15. The first-order valence-corrected chi connectivity index (χ1v) is 2.57. The summed E-state index contributed by atoms with van der Waals surface area (Å²) in [6, 6.07) is 0. The van der Waals surface area contributed by atoms with Gasteiger partial charge in [0.15, 0.2) is 0 Å². The van der Waals surface area contributed by atoms with Gasteiger partial charge in [-0.1, -0.05) is 15.9 Å². The van der Waals surface area contributed by atoms with E-state index in [1.165, 1.54) is 6.47 Å². The summed E-state index contributed by atoms with van der Waals surface area (Å²) in [4.78, 5) is 10.9. The third-order valence-electron chi connectivity index (χ3n) is 0.328. The topological polar surface area (TPSA) is 26.3 Å². The Kier molecular flexibility index (Phi) is 5.44. The van der Waals surface area contributed by atoms with E-state index < -0.39 is 0 Å². The Labute approximate surface area is 50.3 Å². The number of halogens is 1. The van der Waals surface area contributed by atoms with Crippen LogP contribution in [-0.2, 0) is 9.53 Å². The van der Waals surface area contributed by atoms with Crippen molar-refractivity contribution in [3.05, 3.63) is 11.1 Å². The number of carbonyl (C=O) groups excluding carboxylic acids is 1. The summed E-state index contributed by atoms with van der Waals surface area (Å²) in [5.41, 5.74) is 0. The van der Waals surface area contributed by atoms with Crippen LogP contribution in [0.25, 0.3) is 0 Å². The van der Waals surface area contributed by atoms with Crippen LogP contribution < -0.4 is 0 Å². The van der Waals surface area contributed by atoms with Crippen LogP contribution in [0.2, 0.25) is 0 Å². The molecule has 0 aromatic rings. The van der Waals surface area contributed by atoms with Crippen LogP contribution in [0.5, 0.6) is 0 Å². The second-order valence-electron chi connectivity index (χ2n) is 0.756. The van der Waals surface area contributed by atoms with Gasteiger partial charge in [-0.05, 0) is 11.1 Å². The fourth-order valence-corrected chi connectivity index (χ4v) is 0.271. The quantitative estimate of drug-likeness (QED) is 0.581. The highest BCUT2D eigenvalue weighted by molar-refractivity contribution is 9.11. The molecule has 1 radical (unpaired) electrons. The minimum Gasteiger partial charge on any atom is -0.453 e. The molecule has 0 aliphatic carbocycles. The molecular formula is C4H4BrO2. The normalized spacial score (nSPS) is 9.29. The molecule has 0 saturated carbocycles. The molecule has 0 aliphatic rings. The van der Waals surface area contributed by atoms with Crippen LogP contribution >= 0.6 is 15.9 Å². The number of hydrogen-bond acceptors (Lipinski definition) is 2. The van der Waals surface area contributed by atoms with E-state index in [0.717, 1.165) is 0 Å². The summed E-state index contributed by atoms with van der Waals surface area (Å²) in [5.74, 6) is 0. The van der Waals surface area contributed by atoms with Crippen molar-refractivity contribution in [1.82, 2.24) is 0 Å². The SMILES string of the molecule is O=[C]OC/C=C/Br. The molecule has 0 rings (SSSR count). The lowest BCUT2D eigenvalue weighted by molar-refractivity contribution is 0.314. The van der Waals surface area contributed by atoms with Crippen molar-refractivity contribution in [1.29, 1.82) is 0 Å². The van der Waals surface area contributed by atoms with Crippen molar-refractivity contribution < 1.29 is 9.53 Å². The van der Waals surface area contributed by atoms with E-state index in [9.17, 15) is 4.79 Å². The highest BCUT2D eigenvalue weighted by Gasteiger charge is 1.71. The van der Waals surface area contributed by atoms with E-state index in [2.05, 4.69) is 20.7 Å². The molecule has 39 valence electrons. The Balaban J connectivity index is 2.82. The van der Waals surface area contributed by atoms with E-state index in [0.29, 0.717) is 0 Å². The first kappa shape index (κ1) is 6.69. The Morgan fingerprint density at radius 2 is 2.57 bits per heavy atom. The number of ether oxygens (including phenoxy) is 1. The van der Waals surface area contributed by atoms with Gasteiger partial charge in [0.25, 0.3) is 0 Å². The molecule has 0 fully saturated rings. The average Bonchev–Trinajstić information content (AvgIpc) is 1.69. The minimum atomic E-state index is 0.286. The van der Waals surface area contributed by atoms with Crippen LogP contribution in [0.1, 0.15) is 0 Å². The van der Waals surface area contributed by atoms with Crippen molar-refractivity contribution in [3.8, 4) is 0 Å². The van der Waals surface area contributed by atoms with Gasteiger partial charge in [-0.15, -0.1) is 0 Å². The molecule has 0 unspecified atom stereocenters. The number of hydrogen-bond donors (Lipinski definition) is 0. The van der Waals surface area contributed by atoms with Gasteiger partial charge in [0.1, 0.15) is 6.61 Å². The standard InChI is InChI=1S/C4H4BrO2/c5-2-1-3-7-4-6/h1-2H,3H2/b2-1+. The van der Waals surface area contributed by atoms with Crippen LogP contribution in [-0.4, -0.2) is 13.1 Å². The average molecular weight is 164 g/mol. The fraction of sp³-hybridized carbons (Fsp3) is 0.250. The van der Waals surface area contributed by atoms with Gasteiger partial charge in [0, 0.05) is 0 Å². The lowest BCUT2D eigenvalue weighted by atomic mass is 10.7. The monoisotopic (exact) mass is 163 g/mol. The third-order valence-corrected chi connectivity index (χ3v) is 0.701. The first-order valence-electron chi connectivity index (χ1n) is 1.66. The molecule has 0 amide bonds. The Hall–Kier alpha value is -0.310. The van der Waals surface area contributed by atoms with Gasteiger partial charge in [-0.25, -0.2) is 4.79 Å². The largest absolute Gasteiger partial charge is 0.453 e. The molecular weight excluding hydrogens is 160 g/mol. The lowest BCUT2D eigenvalue weighted by Crippen LogP contribution is -1.83. The van der Waals surface area contributed by atoms with Gasteiger partial charge < -0.3 is 4.74 Å². The molecule has 2 nitrogen and oxygen atoms in total. The highest BCUT2D eigenvalue weighted by atomic mass is 79.9. The molecule has 7 heavy (non-hydrogen) atoms. The van der Waals surface area contributed by atoms with Crippen molar-refractivity contribution >= 4 is 22.4 Å². The van der Waals surface area contributed by atoms with Gasteiger partial charge >= 0.3 is 6.47 Å². The van der Waals surface area contributed by atoms with E-state index in [1.807, 2.05) is 0 Å². The maximum absolute atomic E-state index is 9.28. The van der Waals surface area contributed by atoms with Crippen LogP contribution in [0.3, 0.4) is 0 Å². The molecule has 0 bridgehead atoms. The zero-order valence-electron chi connectivity index (χ0n) is 3.56. The van der Waals surface area contributed by atoms with Gasteiger partial charge in [-0.3, -0.25) is 0 Å². The predicted octanol–water partition coefficient (Wildman–Crippen LogP) is 0.979. The van der Waals surface area contributed by atoms with Crippen molar-refractivity contribution in [2.75, 3.05) is 6.61 Å². The van der Waals surface area contributed by atoms with Gasteiger partial charge in [0.05, 0.1) is 0 Å². The molecule has 0 spiro atoms. The van der Waals surface area contributed by atoms with Gasteiger partial charge in [0.2, 0.25) is 0 Å². The second-order valence-corrected chi connectivity index (χ2v) is 1.28. The van der Waals surface area contributed by atoms with Crippen LogP contribution in [0.15, 0.2) is 11.1 Å². The van der Waals surface area contributed by atoms with Crippen LogP contribution in [0, 0.1) is 0 Å². The summed E-state index contributed by atoms with van der Waals surface area (Å²) in [6.07, 6.45) is 1.64. The minimum absolute atomic E-state index is 0.286. The highest BCUT2D eigenvalue weighted by Crippen LogP contribution is 1.80.